The fraction of sp³-hybridized carbons (Fsp3) is 0.417. The van der Waals surface area contributed by atoms with E-state index in [4.69, 9.17) is 15.2 Å². The summed E-state index contributed by atoms with van der Waals surface area (Å²) in [6, 6.07) is 1.68. The van der Waals surface area contributed by atoms with Gasteiger partial charge in [-0.2, -0.15) is 0 Å². The SMILES string of the molecule is CCc1c(C(=O)CN)cc(OC)c(OC)c1Br. The highest BCUT2D eigenvalue weighted by atomic mass is 79.9. The van der Waals surface area contributed by atoms with Crippen LogP contribution in [-0.2, 0) is 6.42 Å². The van der Waals surface area contributed by atoms with Crippen LogP contribution in [-0.4, -0.2) is 26.5 Å². The number of ether oxygens (including phenoxy) is 2. The molecule has 4 nitrogen and oxygen atoms in total. The molecule has 0 fully saturated rings. The monoisotopic (exact) mass is 301 g/mol. The first-order valence-electron chi connectivity index (χ1n) is 5.27. The summed E-state index contributed by atoms with van der Waals surface area (Å²) in [4.78, 5) is 11.8. The normalized spacial score (nSPS) is 10.2. The summed E-state index contributed by atoms with van der Waals surface area (Å²) in [5, 5.41) is 0. The number of Topliss-reactive ketones (excluding diaryl/α,β-unsaturated/α-hetero) is 1. The molecule has 94 valence electrons. The van der Waals surface area contributed by atoms with Crippen LogP contribution in [0.4, 0.5) is 0 Å². The number of benzene rings is 1. The standard InChI is InChI=1S/C12H16BrNO3/c1-4-7-8(9(15)6-14)5-10(16-2)12(17-3)11(7)13/h5H,4,6,14H2,1-3H3. The topological polar surface area (TPSA) is 61.6 Å². The number of carbonyl (C=O) groups is 1. The second-order valence-corrected chi connectivity index (χ2v) is 4.23. The Morgan fingerprint density at radius 3 is 2.47 bits per heavy atom. The van der Waals surface area contributed by atoms with Crippen LogP contribution in [0.5, 0.6) is 11.5 Å². The lowest BCUT2D eigenvalue weighted by Crippen LogP contribution is -2.16. The molecule has 17 heavy (non-hydrogen) atoms. The zero-order valence-corrected chi connectivity index (χ0v) is 11.8. The van der Waals surface area contributed by atoms with Gasteiger partial charge in [0.05, 0.1) is 25.2 Å². The van der Waals surface area contributed by atoms with Crippen LogP contribution in [0, 0.1) is 0 Å². The summed E-state index contributed by atoms with van der Waals surface area (Å²) in [7, 11) is 3.10. The van der Waals surface area contributed by atoms with Crippen LogP contribution in [0.15, 0.2) is 10.5 Å². The molecule has 2 N–H and O–H groups in total. The van der Waals surface area contributed by atoms with E-state index in [2.05, 4.69) is 15.9 Å². The molecule has 0 aliphatic carbocycles. The summed E-state index contributed by atoms with van der Waals surface area (Å²) in [6.07, 6.45) is 0.710. The Kier molecular flexibility index (Phi) is 4.96. The third-order valence-corrected chi connectivity index (χ3v) is 3.39. The highest BCUT2D eigenvalue weighted by Gasteiger charge is 2.19. The molecule has 0 spiro atoms. The Bertz CT molecular complexity index is 432. The summed E-state index contributed by atoms with van der Waals surface area (Å²) in [6.45, 7) is 1.95. The minimum atomic E-state index is -0.108. The van der Waals surface area contributed by atoms with Gasteiger partial charge in [0.15, 0.2) is 17.3 Å². The first-order chi connectivity index (χ1) is 8.10. The number of methoxy groups -OCH3 is 2. The lowest BCUT2D eigenvalue weighted by molar-refractivity contribution is 0.1000. The van der Waals surface area contributed by atoms with Gasteiger partial charge in [-0.3, -0.25) is 4.79 Å². The smallest absolute Gasteiger partial charge is 0.176 e. The maximum absolute atomic E-state index is 11.8. The number of halogens is 1. The Morgan fingerprint density at radius 1 is 1.41 bits per heavy atom. The van der Waals surface area contributed by atoms with Gasteiger partial charge in [-0.15, -0.1) is 0 Å². The number of hydrogen-bond acceptors (Lipinski definition) is 4. The van der Waals surface area contributed by atoms with Gasteiger partial charge in [-0.1, -0.05) is 6.92 Å². The van der Waals surface area contributed by atoms with Gasteiger partial charge in [-0.05, 0) is 34.0 Å². The van der Waals surface area contributed by atoms with Crippen molar-refractivity contribution in [3.63, 3.8) is 0 Å². The summed E-state index contributed by atoms with van der Waals surface area (Å²) in [5.41, 5.74) is 6.87. The number of ketones is 1. The average molecular weight is 302 g/mol. The van der Waals surface area contributed by atoms with E-state index < -0.39 is 0 Å². The molecule has 0 amide bonds. The van der Waals surface area contributed by atoms with E-state index in [-0.39, 0.29) is 12.3 Å². The summed E-state index contributed by atoms with van der Waals surface area (Å²) in [5.74, 6) is 1.01. The summed E-state index contributed by atoms with van der Waals surface area (Å²) >= 11 is 3.44. The molecule has 0 saturated carbocycles. The molecular formula is C12H16BrNO3. The predicted octanol–water partition coefficient (Wildman–Crippen LogP) is 2.17. The van der Waals surface area contributed by atoms with Gasteiger partial charge in [0.25, 0.3) is 0 Å². The summed E-state index contributed by atoms with van der Waals surface area (Å²) < 4.78 is 11.2. The molecule has 0 bridgehead atoms. The molecule has 0 radical (unpaired) electrons. The Balaban J connectivity index is 3.50. The van der Waals surface area contributed by atoms with Gasteiger partial charge in [0.1, 0.15) is 0 Å². The van der Waals surface area contributed by atoms with Gasteiger partial charge in [0.2, 0.25) is 0 Å². The maximum atomic E-state index is 11.8. The van der Waals surface area contributed by atoms with Crippen molar-refractivity contribution in [2.75, 3.05) is 20.8 Å². The van der Waals surface area contributed by atoms with Crippen molar-refractivity contribution in [3.05, 3.63) is 21.7 Å². The second kappa shape index (κ2) is 6.02. The fourth-order valence-corrected chi connectivity index (χ4v) is 2.54. The molecule has 0 saturated heterocycles. The van der Waals surface area contributed by atoms with E-state index in [0.29, 0.717) is 23.5 Å². The molecule has 0 unspecified atom stereocenters. The highest BCUT2D eigenvalue weighted by Crippen LogP contribution is 2.40. The first kappa shape index (κ1) is 14.0. The van der Waals surface area contributed by atoms with Gasteiger partial charge >= 0.3 is 0 Å². The van der Waals surface area contributed by atoms with E-state index in [1.165, 1.54) is 7.11 Å². The van der Waals surface area contributed by atoms with Crippen LogP contribution in [0.2, 0.25) is 0 Å². The second-order valence-electron chi connectivity index (χ2n) is 3.43. The zero-order chi connectivity index (χ0) is 13.0. The molecule has 0 aliphatic heterocycles. The lowest BCUT2D eigenvalue weighted by Gasteiger charge is -2.16. The average Bonchev–Trinajstić information content (AvgIpc) is 2.36. The molecule has 1 aromatic rings. The molecule has 0 atom stereocenters. The van der Waals surface area contributed by atoms with Crippen molar-refractivity contribution in [3.8, 4) is 11.5 Å². The number of hydrogen-bond donors (Lipinski definition) is 1. The van der Waals surface area contributed by atoms with E-state index in [0.717, 1.165) is 10.0 Å². The third kappa shape index (κ3) is 2.61. The Hall–Kier alpha value is -1.07. The number of rotatable bonds is 5. The fourth-order valence-electron chi connectivity index (χ4n) is 1.69. The third-order valence-electron chi connectivity index (χ3n) is 2.55. The van der Waals surface area contributed by atoms with E-state index >= 15 is 0 Å². The molecule has 0 aliphatic rings. The molecule has 0 heterocycles. The Labute approximate surface area is 109 Å². The minimum absolute atomic E-state index is 0.0189. The van der Waals surface area contributed by atoms with Crippen LogP contribution < -0.4 is 15.2 Å². The largest absolute Gasteiger partial charge is 0.493 e. The lowest BCUT2D eigenvalue weighted by atomic mass is 10.0. The van der Waals surface area contributed by atoms with Crippen LogP contribution >= 0.6 is 15.9 Å². The predicted molar refractivity (Wildman–Crippen MR) is 70.0 cm³/mol. The zero-order valence-electron chi connectivity index (χ0n) is 10.2. The van der Waals surface area contributed by atoms with Crippen molar-refractivity contribution in [2.45, 2.75) is 13.3 Å². The van der Waals surface area contributed by atoms with Crippen molar-refractivity contribution in [1.29, 1.82) is 0 Å². The molecule has 1 aromatic carbocycles. The van der Waals surface area contributed by atoms with Crippen molar-refractivity contribution in [1.82, 2.24) is 0 Å². The van der Waals surface area contributed by atoms with E-state index in [1.807, 2.05) is 6.92 Å². The van der Waals surface area contributed by atoms with Crippen LogP contribution in [0.1, 0.15) is 22.8 Å². The first-order valence-corrected chi connectivity index (χ1v) is 6.06. The number of nitrogens with two attached hydrogens (primary N) is 1. The van der Waals surface area contributed by atoms with Crippen molar-refractivity contribution < 1.29 is 14.3 Å². The van der Waals surface area contributed by atoms with E-state index in [1.54, 1.807) is 13.2 Å². The quantitative estimate of drug-likeness (QED) is 0.847. The minimum Gasteiger partial charge on any atom is -0.493 e. The molecule has 0 aromatic heterocycles. The Morgan fingerprint density at radius 2 is 2.06 bits per heavy atom. The maximum Gasteiger partial charge on any atom is 0.176 e. The van der Waals surface area contributed by atoms with Crippen LogP contribution in [0.25, 0.3) is 0 Å². The van der Waals surface area contributed by atoms with Gasteiger partial charge in [0, 0.05) is 5.56 Å². The molecule has 5 heteroatoms. The highest BCUT2D eigenvalue weighted by molar-refractivity contribution is 9.10. The van der Waals surface area contributed by atoms with Gasteiger partial charge < -0.3 is 15.2 Å². The molecule has 1 rings (SSSR count). The van der Waals surface area contributed by atoms with E-state index in [9.17, 15) is 4.79 Å². The van der Waals surface area contributed by atoms with Crippen LogP contribution in [0.3, 0.4) is 0 Å². The van der Waals surface area contributed by atoms with Crippen molar-refractivity contribution in [2.24, 2.45) is 5.73 Å². The number of carbonyl (C=O) groups excluding carboxylic acids is 1. The molecular weight excluding hydrogens is 286 g/mol. The van der Waals surface area contributed by atoms with Gasteiger partial charge in [-0.25, -0.2) is 0 Å². The van der Waals surface area contributed by atoms with Crippen molar-refractivity contribution >= 4 is 21.7 Å².